The summed E-state index contributed by atoms with van der Waals surface area (Å²) in [6.45, 7) is 2.23. The minimum Gasteiger partial charge on any atom is -0.493 e. The molecule has 0 spiro atoms. The Morgan fingerprint density at radius 1 is 1.34 bits per heavy atom. The Labute approximate surface area is 181 Å². The first-order chi connectivity index (χ1) is 14.1. The SMILES string of the molecule is CCc1n[nH]c(=S)n1N=Cc1cc(OC)c(OCc2ccccc2C#N)cc1Br. The second kappa shape index (κ2) is 9.49. The van der Waals surface area contributed by atoms with Crippen molar-refractivity contribution in [2.24, 2.45) is 5.10 Å². The van der Waals surface area contributed by atoms with Gasteiger partial charge in [0.1, 0.15) is 6.61 Å². The predicted octanol–water partition coefficient (Wildman–Crippen LogP) is 4.61. The van der Waals surface area contributed by atoms with Gasteiger partial charge in [0.2, 0.25) is 4.77 Å². The number of aromatic nitrogens is 3. The molecule has 0 aliphatic rings. The zero-order chi connectivity index (χ0) is 20.8. The van der Waals surface area contributed by atoms with Crippen LogP contribution in [0.3, 0.4) is 0 Å². The van der Waals surface area contributed by atoms with Gasteiger partial charge in [-0.25, -0.2) is 0 Å². The second-order valence-corrected chi connectivity index (χ2v) is 7.18. The molecule has 3 aromatic rings. The summed E-state index contributed by atoms with van der Waals surface area (Å²) in [5.41, 5.74) is 2.18. The van der Waals surface area contributed by atoms with Gasteiger partial charge in [-0.05, 0) is 46.3 Å². The monoisotopic (exact) mass is 471 g/mol. The molecule has 1 N–H and O–H groups in total. The van der Waals surface area contributed by atoms with Crippen LogP contribution in [0.25, 0.3) is 0 Å². The molecule has 0 unspecified atom stereocenters. The van der Waals surface area contributed by atoms with Crippen LogP contribution < -0.4 is 9.47 Å². The number of methoxy groups -OCH3 is 1. The standard InChI is InChI=1S/C20H18BrN5O2S/c1-3-19-24-25-20(29)26(19)23-11-15-8-17(27-2)18(9-16(15)21)28-12-14-7-5-4-6-13(14)10-22/h4-9,11H,3,12H2,1-2H3,(H,25,29). The van der Waals surface area contributed by atoms with Gasteiger partial charge in [0.05, 0.1) is 25.0 Å². The number of hydrogen-bond acceptors (Lipinski definition) is 6. The molecule has 0 fully saturated rings. The normalized spacial score (nSPS) is 10.8. The molecule has 0 aliphatic heterocycles. The summed E-state index contributed by atoms with van der Waals surface area (Å²) in [5, 5.41) is 20.5. The molecule has 7 nitrogen and oxygen atoms in total. The van der Waals surface area contributed by atoms with Crippen LogP contribution >= 0.6 is 28.1 Å². The van der Waals surface area contributed by atoms with E-state index in [9.17, 15) is 5.26 Å². The van der Waals surface area contributed by atoms with E-state index in [1.165, 1.54) is 0 Å². The van der Waals surface area contributed by atoms with Crippen molar-refractivity contribution in [3.63, 3.8) is 0 Å². The average Bonchev–Trinajstić information content (AvgIpc) is 3.11. The lowest BCUT2D eigenvalue weighted by atomic mass is 10.1. The number of rotatable bonds is 7. The fourth-order valence-corrected chi connectivity index (χ4v) is 3.25. The number of nitrogens with zero attached hydrogens (tertiary/aromatic N) is 4. The molecule has 0 amide bonds. The summed E-state index contributed by atoms with van der Waals surface area (Å²) in [4.78, 5) is 0. The highest BCUT2D eigenvalue weighted by atomic mass is 79.9. The lowest BCUT2D eigenvalue weighted by molar-refractivity contribution is 0.284. The Balaban J connectivity index is 1.86. The summed E-state index contributed by atoms with van der Waals surface area (Å²) in [7, 11) is 1.57. The van der Waals surface area contributed by atoms with Crippen molar-refractivity contribution < 1.29 is 9.47 Å². The first-order valence-corrected chi connectivity index (χ1v) is 9.96. The minimum absolute atomic E-state index is 0.254. The van der Waals surface area contributed by atoms with Gasteiger partial charge >= 0.3 is 0 Å². The van der Waals surface area contributed by atoms with Crippen LogP contribution in [0, 0.1) is 16.1 Å². The van der Waals surface area contributed by atoms with Gasteiger partial charge in [-0.2, -0.15) is 20.1 Å². The van der Waals surface area contributed by atoms with Gasteiger partial charge in [0.15, 0.2) is 17.3 Å². The summed E-state index contributed by atoms with van der Waals surface area (Å²) in [5.74, 6) is 1.85. The fraction of sp³-hybridized carbons (Fsp3) is 0.200. The smallest absolute Gasteiger partial charge is 0.216 e. The predicted molar refractivity (Wildman–Crippen MR) is 116 cm³/mol. The zero-order valence-electron chi connectivity index (χ0n) is 15.8. The van der Waals surface area contributed by atoms with Crippen LogP contribution in [-0.4, -0.2) is 28.2 Å². The fourth-order valence-electron chi connectivity index (χ4n) is 2.62. The molecule has 2 aromatic carbocycles. The summed E-state index contributed by atoms with van der Waals surface area (Å²) < 4.78 is 14.2. The number of benzene rings is 2. The highest BCUT2D eigenvalue weighted by Crippen LogP contribution is 2.33. The van der Waals surface area contributed by atoms with E-state index >= 15 is 0 Å². The van der Waals surface area contributed by atoms with Crippen LogP contribution in [0.4, 0.5) is 0 Å². The molecule has 1 aromatic heterocycles. The van der Waals surface area contributed by atoms with Crippen LogP contribution in [0.15, 0.2) is 46.0 Å². The first kappa shape index (κ1) is 20.8. The largest absolute Gasteiger partial charge is 0.493 e. The quantitative estimate of drug-likeness (QED) is 0.401. The van der Waals surface area contributed by atoms with E-state index in [-0.39, 0.29) is 6.61 Å². The van der Waals surface area contributed by atoms with Crippen molar-refractivity contribution in [1.82, 2.24) is 14.9 Å². The third-order valence-electron chi connectivity index (χ3n) is 4.15. The maximum absolute atomic E-state index is 9.22. The number of nitrogens with one attached hydrogen (secondary N) is 1. The zero-order valence-corrected chi connectivity index (χ0v) is 18.2. The molecule has 3 rings (SSSR count). The van der Waals surface area contributed by atoms with E-state index < -0.39 is 0 Å². The number of H-pyrrole nitrogens is 1. The van der Waals surface area contributed by atoms with E-state index in [1.54, 1.807) is 24.1 Å². The molecule has 0 radical (unpaired) electrons. The summed E-state index contributed by atoms with van der Waals surface area (Å²) in [6, 6.07) is 13.1. The molecule has 148 valence electrons. The van der Waals surface area contributed by atoms with Gasteiger partial charge in [-0.15, -0.1) is 0 Å². The number of halogens is 1. The van der Waals surface area contributed by atoms with Crippen LogP contribution in [0.5, 0.6) is 11.5 Å². The van der Waals surface area contributed by atoms with Gasteiger partial charge in [0.25, 0.3) is 0 Å². The molecule has 0 saturated heterocycles. The van der Waals surface area contributed by atoms with E-state index in [0.717, 1.165) is 21.4 Å². The Morgan fingerprint density at radius 3 is 2.86 bits per heavy atom. The van der Waals surface area contributed by atoms with Gasteiger partial charge in [-0.3, -0.25) is 5.10 Å². The van der Waals surface area contributed by atoms with Crippen LogP contribution in [-0.2, 0) is 13.0 Å². The lowest BCUT2D eigenvalue weighted by Gasteiger charge is -2.13. The molecule has 9 heteroatoms. The van der Waals surface area contributed by atoms with E-state index in [1.807, 2.05) is 37.3 Å². The van der Waals surface area contributed by atoms with Crippen molar-refractivity contribution >= 4 is 34.4 Å². The maximum atomic E-state index is 9.22. The molecule has 0 bridgehead atoms. The van der Waals surface area contributed by atoms with Crippen molar-refractivity contribution in [3.05, 3.63) is 68.2 Å². The maximum Gasteiger partial charge on any atom is 0.216 e. The molecule has 29 heavy (non-hydrogen) atoms. The van der Waals surface area contributed by atoms with Crippen LogP contribution in [0.1, 0.15) is 29.4 Å². The Kier molecular flexibility index (Phi) is 6.80. The molecule has 0 aliphatic carbocycles. The van der Waals surface area contributed by atoms with Crippen molar-refractivity contribution in [3.8, 4) is 17.6 Å². The van der Waals surface area contributed by atoms with E-state index in [0.29, 0.717) is 28.3 Å². The van der Waals surface area contributed by atoms with Crippen LogP contribution in [0.2, 0.25) is 0 Å². The highest BCUT2D eigenvalue weighted by molar-refractivity contribution is 9.10. The minimum atomic E-state index is 0.254. The number of ether oxygens (including phenoxy) is 2. The molecule has 1 heterocycles. The number of hydrogen-bond donors (Lipinski definition) is 1. The molecule has 0 saturated carbocycles. The molecular formula is C20H18BrN5O2S. The topological polar surface area (TPSA) is 88.2 Å². The Morgan fingerprint density at radius 2 is 2.14 bits per heavy atom. The van der Waals surface area contributed by atoms with Gasteiger partial charge in [-0.1, -0.05) is 25.1 Å². The van der Waals surface area contributed by atoms with Crippen molar-refractivity contribution in [2.75, 3.05) is 7.11 Å². The number of nitriles is 1. The third kappa shape index (κ3) is 4.72. The number of aryl methyl sites for hydroxylation is 1. The summed E-state index contributed by atoms with van der Waals surface area (Å²) in [6.07, 6.45) is 2.37. The summed E-state index contributed by atoms with van der Waals surface area (Å²) >= 11 is 8.76. The van der Waals surface area contributed by atoms with Crippen molar-refractivity contribution in [2.45, 2.75) is 20.0 Å². The van der Waals surface area contributed by atoms with Crippen molar-refractivity contribution in [1.29, 1.82) is 5.26 Å². The van der Waals surface area contributed by atoms with E-state index in [4.69, 9.17) is 21.7 Å². The second-order valence-electron chi connectivity index (χ2n) is 5.94. The Hall–Kier alpha value is -2.96. The van der Waals surface area contributed by atoms with E-state index in [2.05, 4.69) is 37.3 Å². The highest BCUT2D eigenvalue weighted by Gasteiger charge is 2.11. The molecular weight excluding hydrogens is 454 g/mol. The average molecular weight is 472 g/mol. The van der Waals surface area contributed by atoms with Gasteiger partial charge < -0.3 is 9.47 Å². The number of aromatic amines is 1. The molecule has 0 atom stereocenters. The first-order valence-electron chi connectivity index (χ1n) is 8.76. The lowest BCUT2D eigenvalue weighted by Crippen LogP contribution is -2.01. The Bertz CT molecular complexity index is 1150. The third-order valence-corrected chi connectivity index (χ3v) is 5.10. The van der Waals surface area contributed by atoms with Gasteiger partial charge in [0, 0.05) is 22.0 Å².